The van der Waals surface area contributed by atoms with Gasteiger partial charge in [0.2, 0.25) is 0 Å². The standard InChI is InChI=1S/C13H14FN3O/c14-10-7-4-8-11(15)12(10)13(18)17-16-9-5-2-1-3-6-9/h2,4-8,16H,1,3,15H2,(H,17,18). The van der Waals surface area contributed by atoms with Gasteiger partial charge >= 0.3 is 0 Å². The van der Waals surface area contributed by atoms with Crippen LogP contribution in [0.1, 0.15) is 23.2 Å². The highest BCUT2D eigenvalue weighted by molar-refractivity contribution is 5.99. The number of anilines is 1. The van der Waals surface area contributed by atoms with Crippen molar-refractivity contribution in [2.45, 2.75) is 12.8 Å². The lowest BCUT2D eigenvalue weighted by atomic mass is 10.1. The SMILES string of the molecule is Nc1cccc(F)c1C(=O)NNC1=CCCC=C1. The molecule has 1 amide bonds. The lowest BCUT2D eigenvalue weighted by molar-refractivity contribution is 0.0936. The van der Waals surface area contributed by atoms with Gasteiger partial charge in [0.15, 0.2) is 0 Å². The lowest BCUT2D eigenvalue weighted by Gasteiger charge is -2.12. The van der Waals surface area contributed by atoms with Crippen LogP contribution in [0.25, 0.3) is 0 Å². The Morgan fingerprint density at radius 3 is 2.83 bits per heavy atom. The number of carbonyl (C=O) groups excluding carboxylic acids is 1. The van der Waals surface area contributed by atoms with E-state index in [2.05, 4.69) is 10.9 Å². The third-order valence-electron chi connectivity index (χ3n) is 2.59. The van der Waals surface area contributed by atoms with Crippen LogP contribution in [0.4, 0.5) is 10.1 Å². The summed E-state index contributed by atoms with van der Waals surface area (Å²) >= 11 is 0. The molecule has 0 aromatic heterocycles. The van der Waals surface area contributed by atoms with Crippen LogP contribution >= 0.6 is 0 Å². The predicted molar refractivity (Wildman–Crippen MR) is 67.9 cm³/mol. The van der Waals surface area contributed by atoms with Gasteiger partial charge in [0, 0.05) is 11.4 Å². The number of nitrogen functional groups attached to an aromatic ring is 1. The minimum atomic E-state index is -0.637. The summed E-state index contributed by atoms with van der Waals surface area (Å²) in [6, 6.07) is 4.14. The fraction of sp³-hybridized carbons (Fsp3) is 0.154. The van der Waals surface area contributed by atoms with Crippen molar-refractivity contribution in [2.75, 3.05) is 5.73 Å². The number of benzene rings is 1. The number of allylic oxidation sites excluding steroid dienone is 3. The topological polar surface area (TPSA) is 67.2 Å². The summed E-state index contributed by atoms with van der Waals surface area (Å²) in [5.41, 5.74) is 11.5. The van der Waals surface area contributed by atoms with Crippen LogP contribution in [0.15, 0.2) is 42.1 Å². The fourth-order valence-corrected chi connectivity index (χ4v) is 1.68. The maximum absolute atomic E-state index is 13.5. The number of rotatable bonds is 3. The molecule has 0 bridgehead atoms. The van der Waals surface area contributed by atoms with E-state index in [-0.39, 0.29) is 11.3 Å². The van der Waals surface area contributed by atoms with E-state index in [9.17, 15) is 9.18 Å². The highest BCUT2D eigenvalue weighted by atomic mass is 19.1. The number of hydrogen-bond donors (Lipinski definition) is 3. The van der Waals surface area contributed by atoms with E-state index < -0.39 is 11.7 Å². The monoisotopic (exact) mass is 247 g/mol. The van der Waals surface area contributed by atoms with Crippen LogP contribution in [0, 0.1) is 5.82 Å². The third-order valence-corrected chi connectivity index (χ3v) is 2.59. The zero-order valence-corrected chi connectivity index (χ0v) is 9.74. The molecule has 0 aliphatic heterocycles. The van der Waals surface area contributed by atoms with Gasteiger partial charge in [-0.15, -0.1) is 0 Å². The number of hydrazine groups is 1. The van der Waals surface area contributed by atoms with Crippen LogP contribution in [0.5, 0.6) is 0 Å². The van der Waals surface area contributed by atoms with E-state index in [1.807, 2.05) is 18.2 Å². The molecule has 0 radical (unpaired) electrons. The van der Waals surface area contributed by atoms with Crippen LogP contribution in [-0.2, 0) is 0 Å². The Morgan fingerprint density at radius 1 is 1.33 bits per heavy atom. The summed E-state index contributed by atoms with van der Waals surface area (Å²) in [5.74, 6) is -1.23. The quantitative estimate of drug-likeness (QED) is 0.564. The number of hydrogen-bond acceptors (Lipinski definition) is 3. The van der Waals surface area contributed by atoms with E-state index >= 15 is 0 Å². The average Bonchev–Trinajstić information content (AvgIpc) is 2.37. The normalized spacial score (nSPS) is 13.9. The van der Waals surface area contributed by atoms with E-state index in [4.69, 9.17) is 5.73 Å². The molecule has 94 valence electrons. The molecule has 4 N–H and O–H groups in total. The third kappa shape index (κ3) is 2.68. The van der Waals surface area contributed by atoms with Crippen LogP contribution in [0.3, 0.4) is 0 Å². The first-order valence-corrected chi connectivity index (χ1v) is 5.65. The van der Waals surface area contributed by atoms with Crippen molar-refractivity contribution in [3.63, 3.8) is 0 Å². The molecule has 1 aliphatic rings. The molecule has 18 heavy (non-hydrogen) atoms. The van der Waals surface area contributed by atoms with Gasteiger partial charge < -0.3 is 5.73 Å². The molecule has 0 saturated carbocycles. The second-order valence-electron chi connectivity index (χ2n) is 3.92. The molecule has 0 heterocycles. The molecule has 0 saturated heterocycles. The molecule has 0 unspecified atom stereocenters. The van der Waals surface area contributed by atoms with E-state index in [0.29, 0.717) is 0 Å². The van der Waals surface area contributed by atoms with E-state index in [1.165, 1.54) is 18.2 Å². The highest BCUT2D eigenvalue weighted by Gasteiger charge is 2.14. The average molecular weight is 247 g/mol. The second-order valence-corrected chi connectivity index (χ2v) is 3.92. The van der Waals surface area contributed by atoms with Gasteiger partial charge in [0.1, 0.15) is 5.82 Å². The molecule has 1 aromatic carbocycles. The first-order valence-electron chi connectivity index (χ1n) is 5.65. The Morgan fingerprint density at radius 2 is 2.17 bits per heavy atom. The van der Waals surface area contributed by atoms with Crippen molar-refractivity contribution in [1.29, 1.82) is 0 Å². The maximum Gasteiger partial charge on any atom is 0.274 e. The van der Waals surface area contributed by atoms with Crippen molar-refractivity contribution < 1.29 is 9.18 Å². The molecule has 0 atom stereocenters. The lowest BCUT2D eigenvalue weighted by Crippen LogP contribution is -2.37. The van der Waals surface area contributed by atoms with Gasteiger partial charge in [-0.3, -0.25) is 15.6 Å². The van der Waals surface area contributed by atoms with Crippen LogP contribution in [0.2, 0.25) is 0 Å². The zero-order valence-electron chi connectivity index (χ0n) is 9.74. The summed E-state index contributed by atoms with van der Waals surface area (Å²) in [6.07, 6.45) is 7.70. The minimum absolute atomic E-state index is 0.113. The molecule has 1 aromatic rings. The number of halogens is 1. The first kappa shape index (κ1) is 12.2. The molecule has 5 heteroatoms. The molecule has 0 fully saturated rings. The number of amides is 1. The minimum Gasteiger partial charge on any atom is -0.398 e. The van der Waals surface area contributed by atoms with Crippen LogP contribution < -0.4 is 16.6 Å². The fourth-order valence-electron chi connectivity index (χ4n) is 1.68. The largest absolute Gasteiger partial charge is 0.398 e. The van der Waals surface area contributed by atoms with Gasteiger partial charge in [-0.1, -0.05) is 18.2 Å². The molecular formula is C13H14FN3O. The molecule has 2 rings (SSSR count). The number of nitrogens with two attached hydrogens (primary N) is 1. The summed E-state index contributed by atoms with van der Waals surface area (Å²) in [6.45, 7) is 0. The Balaban J connectivity index is 2.04. The first-order chi connectivity index (χ1) is 8.68. The Hall–Kier alpha value is -2.30. The molecular weight excluding hydrogens is 233 g/mol. The van der Waals surface area contributed by atoms with Gasteiger partial charge in [0.05, 0.1) is 5.56 Å². The number of carbonyl (C=O) groups is 1. The van der Waals surface area contributed by atoms with E-state index in [1.54, 1.807) is 0 Å². The summed E-state index contributed by atoms with van der Waals surface area (Å²) < 4.78 is 13.5. The summed E-state index contributed by atoms with van der Waals surface area (Å²) in [5, 5.41) is 0. The van der Waals surface area contributed by atoms with Crippen molar-refractivity contribution >= 4 is 11.6 Å². The predicted octanol–water partition coefficient (Wildman–Crippen LogP) is 1.88. The molecule has 1 aliphatic carbocycles. The second kappa shape index (κ2) is 5.35. The zero-order chi connectivity index (χ0) is 13.0. The summed E-state index contributed by atoms with van der Waals surface area (Å²) in [7, 11) is 0. The van der Waals surface area contributed by atoms with Crippen LogP contribution in [-0.4, -0.2) is 5.91 Å². The Kier molecular flexibility index (Phi) is 3.62. The molecule has 4 nitrogen and oxygen atoms in total. The van der Waals surface area contributed by atoms with Crippen molar-refractivity contribution in [3.8, 4) is 0 Å². The van der Waals surface area contributed by atoms with Gasteiger partial charge in [0.25, 0.3) is 5.91 Å². The van der Waals surface area contributed by atoms with Crippen molar-refractivity contribution in [2.24, 2.45) is 0 Å². The maximum atomic E-state index is 13.5. The van der Waals surface area contributed by atoms with Gasteiger partial charge in [-0.2, -0.15) is 0 Å². The van der Waals surface area contributed by atoms with E-state index in [0.717, 1.165) is 18.5 Å². The highest BCUT2D eigenvalue weighted by Crippen LogP contribution is 2.15. The van der Waals surface area contributed by atoms with Crippen molar-refractivity contribution in [1.82, 2.24) is 10.9 Å². The Labute approximate surface area is 104 Å². The number of nitrogens with one attached hydrogen (secondary N) is 2. The smallest absolute Gasteiger partial charge is 0.274 e. The summed E-state index contributed by atoms with van der Waals surface area (Å²) in [4.78, 5) is 11.8. The van der Waals surface area contributed by atoms with Crippen molar-refractivity contribution in [3.05, 3.63) is 53.5 Å². The Bertz CT molecular complexity index is 503. The molecule has 0 spiro atoms. The van der Waals surface area contributed by atoms with Gasteiger partial charge in [-0.25, -0.2) is 4.39 Å². The van der Waals surface area contributed by atoms with Gasteiger partial charge in [-0.05, 0) is 31.1 Å².